The van der Waals surface area contributed by atoms with Crippen molar-refractivity contribution in [2.45, 2.75) is 50.5 Å². The molecule has 0 heterocycles. The summed E-state index contributed by atoms with van der Waals surface area (Å²) in [5, 5.41) is 10.1. The topological polar surface area (TPSA) is 57.2 Å². The van der Waals surface area contributed by atoms with Crippen LogP contribution in [0.5, 0.6) is 5.75 Å². The highest BCUT2D eigenvalue weighted by atomic mass is 16.7. The molecule has 4 saturated carbocycles. The average molecular weight is 429 g/mol. The van der Waals surface area contributed by atoms with Gasteiger partial charge < -0.3 is 24.1 Å². The number of aliphatic hydroxyl groups excluding tert-OH is 1. The van der Waals surface area contributed by atoms with Crippen LogP contribution in [0.25, 0.3) is 0 Å². The Balaban J connectivity index is 1.36. The van der Waals surface area contributed by atoms with Crippen LogP contribution in [0.1, 0.15) is 55.6 Å². The Bertz CT molecular complexity index is 841. The molecule has 0 radical (unpaired) electrons. The van der Waals surface area contributed by atoms with Crippen molar-refractivity contribution < 1.29 is 24.1 Å². The summed E-state index contributed by atoms with van der Waals surface area (Å²) < 4.78 is 22.4. The molecule has 31 heavy (non-hydrogen) atoms. The van der Waals surface area contributed by atoms with Crippen molar-refractivity contribution >= 4 is 0 Å². The van der Waals surface area contributed by atoms with Crippen molar-refractivity contribution in [2.75, 3.05) is 34.4 Å². The van der Waals surface area contributed by atoms with Gasteiger partial charge in [-0.3, -0.25) is 0 Å². The molecule has 0 amide bonds. The van der Waals surface area contributed by atoms with Crippen LogP contribution in [0.15, 0.2) is 18.2 Å². The van der Waals surface area contributed by atoms with Crippen molar-refractivity contribution in [1.29, 1.82) is 0 Å². The SMILES string of the molecule is COCOc1ccc2c(c1)[C@@H]1C3C(CO)[C@@H]3C1[C@@H]1[C@@H]2CC[C@]2(C)[C@@H](OCOC)CC[C@@H]12. The van der Waals surface area contributed by atoms with Gasteiger partial charge in [0, 0.05) is 20.8 Å². The maximum Gasteiger partial charge on any atom is 0.188 e. The van der Waals surface area contributed by atoms with E-state index in [2.05, 4.69) is 25.1 Å². The number of ether oxygens (including phenoxy) is 4. The standard InChI is InChI=1S/C26H36O5/c1-26-9-8-16-15-5-4-14(30-12-28-2)10-17(15)22-23-18(11-27)24(23)25(22)21(16)19(26)6-7-20(26)31-13-29-3/h4-5,10,16,18-25,27H,6-9,11-13H2,1-3H3/t16-,18?,19+,20+,21-,22-,23?,24+,25?,26+/m1/s1. The summed E-state index contributed by atoms with van der Waals surface area (Å²) in [5.41, 5.74) is 3.31. The minimum absolute atomic E-state index is 0.248. The minimum Gasteiger partial charge on any atom is -0.468 e. The second-order valence-electron chi connectivity index (χ2n) is 10.9. The third-order valence-corrected chi connectivity index (χ3v) is 10.0. The van der Waals surface area contributed by atoms with Crippen LogP contribution in [-0.4, -0.2) is 45.6 Å². The van der Waals surface area contributed by atoms with E-state index in [1.165, 1.54) is 24.8 Å². The first-order valence-corrected chi connectivity index (χ1v) is 12.1. The van der Waals surface area contributed by atoms with Crippen LogP contribution in [0.4, 0.5) is 0 Å². The molecule has 1 N–H and O–H groups in total. The normalized spacial score (nSPS) is 46.1. The molecule has 5 aliphatic carbocycles. The second-order valence-corrected chi connectivity index (χ2v) is 10.9. The lowest BCUT2D eigenvalue weighted by Gasteiger charge is -2.58. The van der Waals surface area contributed by atoms with E-state index in [-0.39, 0.29) is 12.2 Å². The Morgan fingerprint density at radius 2 is 1.81 bits per heavy atom. The van der Waals surface area contributed by atoms with Gasteiger partial charge in [-0.2, -0.15) is 0 Å². The number of benzene rings is 1. The quantitative estimate of drug-likeness (QED) is 0.522. The number of aliphatic hydroxyl groups is 1. The first kappa shape index (κ1) is 20.5. The smallest absolute Gasteiger partial charge is 0.188 e. The van der Waals surface area contributed by atoms with Crippen molar-refractivity contribution in [3.8, 4) is 5.75 Å². The third kappa shape index (κ3) is 2.76. The molecule has 170 valence electrons. The van der Waals surface area contributed by atoms with E-state index in [9.17, 15) is 5.11 Å². The molecule has 0 bridgehead atoms. The van der Waals surface area contributed by atoms with Crippen LogP contribution in [0.2, 0.25) is 0 Å². The highest BCUT2D eigenvalue weighted by molar-refractivity contribution is 5.48. The van der Waals surface area contributed by atoms with Gasteiger partial charge in [0.15, 0.2) is 6.79 Å². The lowest BCUT2D eigenvalue weighted by Crippen LogP contribution is -2.52. The van der Waals surface area contributed by atoms with Crippen molar-refractivity contribution in [1.82, 2.24) is 0 Å². The minimum atomic E-state index is 0.248. The fourth-order valence-corrected chi connectivity index (χ4v) is 8.85. The zero-order chi connectivity index (χ0) is 21.3. The number of fused-ring (bicyclic) bond motifs is 11. The Kier molecular flexibility index (Phi) is 4.91. The van der Waals surface area contributed by atoms with Gasteiger partial charge >= 0.3 is 0 Å². The predicted molar refractivity (Wildman–Crippen MR) is 116 cm³/mol. The summed E-state index contributed by atoms with van der Waals surface area (Å²) in [6.45, 7) is 3.52. The molecule has 3 unspecified atom stereocenters. The van der Waals surface area contributed by atoms with E-state index in [0.29, 0.717) is 55.0 Å². The van der Waals surface area contributed by atoms with Crippen molar-refractivity contribution in [2.24, 2.45) is 40.9 Å². The summed E-state index contributed by atoms with van der Waals surface area (Å²) in [7, 11) is 3.38. The molecular formula is C26H36O5. The molecule has 0 aliphatic heterocycles. The zero-order valence-electron chi connectivity index (χ0n) is 19.0. The zero-order valence-corrected chi connectivity index (χ0v) is 19.0. The van der Waals surface area contributed by atoms with E-state index in [0.717, 1.165) is 24.0 Å². The largest absolute Gasteiger partial charge is 0.468 e. The van der Waals surface area contributed by atoms with Crippen LogP contribution < -0.4 is 4.74 Å². The average Bonchev–Trinajstić information content (AvgIpc) is 3.27. The second kappa shape index (κ2) is 7.44. The molecule has 1 aromatic rings. The van der Waals surface area contributed by atoms with Gasteiger partial charge in [-0.25, -0.2) is 0 Å². The van der Waals surface area contributed by atoms with E-state index in [1.54, 1.807) is 19.8 Å². The van der Waals surface area contributed by atoms with Crippen LogP contribution in [0, 0.1) is 40.9 Å². The van der Waals surface area contributed by atoms with Crippen molar-refractivity contribution in [3.05, 3.63) is 29.3 Å². The highest BCUT2D eigenvalue weighted by Gasteiger charge is 2.74. The maximum atomic E-state index is 10.1. The van der Waals surface area contributed by atoms with E-state index < -0.39 is 0 Å². The summed E-state index contributed by atoms with van der Waals surface area (Å²) >= 11 is 0. The van der Waals surface area contributed by atoms with Gasteiger partial charge in [-0.1, -0.05) is 13.0 Å². The molecule has 0 spiro atoms. The maximum absolute atomic E-state index is 10.1. The molecule has 5 heteroatoms. The van der Waals surface area contributed by atoms with E-state index in [1.807, 2.05) is 0 Å². The number of hydrogen-bond donors (Lipinski definition) is 1. The molecule has 0 aromatic heterocycles. The molecule has 5 nitrogen and oxygen atoms in total. The van der Waals surface area contributed by atoms with Crippen molar-refractivity contribution in [3.63, 3.8) is 0 Å². The summed E-state index contributed by atoms with van der Waals surface area (Å²) in [6.07, 6.45) is 5.19. The van der Waals surface area contributed by atoms with Gasteiger partial charge in [0.05, 0.1) is 6.10 Å². The number of methoxy groups -OCH3 is 2. The third-order valence-electron chi connectivity index (χ3n) is 10.0. The Morgan fingerprint density at radius 1 is 0.968 bits per heavy atom. The highest BCUT2D eigenvalue weighted by Crippen LogP contribution is 2.80. The van der Waals surface area contributed by atoms with E-state index in [4.69, 9.17) is 18.9 Å². The Hall–Kier alpha value is -1.14. The molecule has 1 aromatic carbocycles. The molecular weight excluding hydrogens is 392 g/mol. The number of hydrogen-bond acceptors (Lipinski definition) is 5. The lowest BCUT2D eigenvalue weighted by molar-refractivity contribution is -0.133. The molecule has 5 aliphatic rings. The predicted octanol–water partition coefficient (Wildman–Crippen LogP) is 4.15. The van der Waals surface area contributed by atoms with Gasteiger partial charge in [0.1, 0.15) is 12.5 Å². The molecule has 10 atom stereocenters. The lowest BCUT2D eigenvalue weighted by atomic mass is 9.46. The Labute approximate surface area is 185 Å². The monoisotopic (exact) mass is 428 g/mol. The summed E-state index contributed by atoms with van der Waals surface area (Å²) in [6, 6.07) is 6.77. The number of rotatable bonds is 7. The van der Waals surface area contributed by atoms with E-state index >= 15 is 0 Å². The van der Waals surface area contributed by atoms with Crippen LogP contribution in [-0.2, 0) is 14.2 Å². The van der Waals surface area contributed by atoms with Crippen LogP contribution in [0.3, 0.4) is 0 Å². The molecule has 6 rings (SSSR count). The summed E-state index contributed by atoms with van der Waals surface area (Å²) in [4.78, 5) is 0. The fraction of sp³-hybridized carbons (Fsp3) is 0.769. The first-order valence-electron chi connectivity index (χ1n) is 12.1. The van der Waals surface area contributed by atoms with Crippen LogP contribution >= 0.6 is 0 Å². The van der Waals surface area contributed by atoms with Gasteiger partial charge in [0.25, 0.3) is 0 Å². The Morgan fingerprint density at radius 3 is 2.58 bits per heavy atom. The van der Waals surface area contributed by atoms with Gasteiger partial charge in [-0.05, 0) is 102 Å². The molecule has 0 saturated heterocycles. The fourth-order valence-electron chi connectivity index (χ4n) is 8.85. The van der Waals surface area contributed by atoms with Gasteiger partial charge in [-0.15, -0.1) is 0 Å². The molecule has 4 fully saturated rings. The summed E-state index contributed by atoms with van der Waals surface area (Å²) in [5.74, 6) is 6.16. The van der Waals surface area contributed by atoms with Gasteiger partial charge in [0.2, 0.25) is 0 Å². The first-order chi connectivity index (χ1) is 15.1.